The second-order valence-corrected chi connectivity index (χ2v) is 8.40. The van der Waals surface area contributed by atoms with Crippen LogP contribution in [0.15, 0.2) is 104 Å². The standard InChI is InChI=1S/C24H15BrN2O2S/c25-18-10-12-19(13-11-18)27-20(16-6-2-1-3-7-16)15-30-24(27)26-23(28)22-14-17-8-4-5-9-21(17)29-22/h1-15H. The van der Waals surface area contributed by atoms with Crippen molar-refractivity contribution in [3.05, 3.63) is 105 Å². The third-order valence-corrected chi connectivity index (χ3v) is 6.05. The number of aromatic nitrogens is 1. The summed E-state index contributed by atoms with van der Waals surface area (Å²) in [5.41, 5.74) is 3.62. The van der Waals surface area contributed by atoms with Crippen LogP contribution in [-0.4, -0.2) is 10.5 Å². The molecule has 4 nitrogen and oxygen atoms in total. The molecular formula is C24H15BrN2O2S. The predicted molar refractivity (Wildman–Crippen MR) is 123 cm³/mol. The van der Waals surface area contributed by atoms with Crippen LogP contribution >= 0.6 is 27.3 Å². The van der Waals surface area contributed by atoms with Gasteiger partial charge in [-0.05, 0) is 42.0 Å². The monoisotopic (exact) mass is 474 g/mol. The smallest absolute Gasteiger partial charge is 0.315 e. The number of halogens is 1. The zero-order valence-corrected chi connectivity index (χ0v) is 18.1. The number of carbonyl (C=O) groups is 1. The number of rotatable bonds is 3. The number of nitrogens with zero attached hydrogens (tertiary/aromatic N) is 2. The molecule has 0 radical (unpaired) electrons. The van der Waals surface area contributed by atoms with Gasteiger partial charge in [-0.25, -0.2) is 0 Å². The van der Waals surface area contributed by atoms with Crippen molar-refractivity contribution in [2.75, 3.05) is 0 Å². The molecule has 5 aromatic rings. The van der Waals surface area contributed by atoms with E-state index in [0.29, 0.717) is 10.4 Å². The quantitative estimate of drug-likeness (QED) is 0.301. The van der Waals surface area contributed by atoms with Crippen LogP contribution in [0.4, 0.5) is 0 Å². The summed E-state index contributed by atoms with van der Waals surface area (Å²) in [7, 11) is 0. The van der Waals surface area contributed by atoms with Crippen LogP contribution in [-0.2, 0) is 0 Å². The number of amides is 1. The number of hydrogen-bond donors (Lipinski definition) is 0. The highest BCUT2D eigenvalue weighted by Gasteiger charge is 2.14. The Balaban J connectivity index is 1.66. The third kappa shape index (κ3) is 3.56. The molecule has 0 unspecified atom stereocenters. The number of hydrogen-bond acceptors (Lipinski definition) is 3. The molecule has 0 N–H and O–H groups in total. The maximum Gasteiger partial charge on any atom is 0.315 e. The molecule has 0 aliphatic carbocycles. The van der Waals surface area contributed by atoms with Gasteiger partial charge < -0.3 is 4.42 Å². The van der Waals surface area contributed by atoms with Gasteiger partial charge in [-0.2, -0.15) is 4.99 Å². The van der Waals surface area contributed by atoms with Crippen molar-refractivity contribution in [3.63, 3.8) is 0 Å². The summed E-state index contributed by atoms with van der Waals surface area (Å²) in [5.74, 6) is -0.174. The van der Waals surface area contributed by atoms with E-state index in [0.717, 1.165) is 26.8 Å². The van der Waals surface area contributed by atoms with Crippen molar-refractivity contribution in [3.8, 4) is 16.9 Å². The molecule has 0 aliphatic heterocycles. The van der Waals surface area contributed by atoms with Crippen LogP contribution in [0.2, 0.25) is 0 Å². The lowest BCUT2D eigenvalue weighted by molar-refractivity contribution is 0.0974. The first-order chi connectivity index (χ1) is 14.7. The van der Waals surface area contributed by atoms with Gasteiger partial charge in [0.05, 0.1) is 5.69 Å². The Bertz CT molecular complexity index is 1380. The van der Waals surface area contributed by atoms with Crippen molar-refractivity contribution in [2.24, 2.45) is 4.99 Å². The molecule has 146 valence electrons. The second kappa shape index (κ2) is 7.89. The van der Waals surface area contributed by atoms with Crippen LogP contribution in [0.5, 0.6) is 0 Å². The van der Waals surface area contributed by atoms with Gasteiger partial charge in [-0.1, -0.05) is 64.5 Å². The summed E-state index contributed by atoms with van der Waals surface area (Å²) in [6.07, 6.45) is 0. The second-order valence-electron chi connectivity index (χ2n) is 6.65. The fourth-order valence-corrected chi connectivity index (χ4v) is 4.44. The van der Waals surface area contributed by atoms with Gasteiger partial charge in [0, 0.05) is 20.9 Å². The number of thiazole rings is 1. The summed E-state index contributed by atoms with van der Waals surface area (Å²) >= 11 is 4.90. The average molecular weight is 475 g/mol. The summed E-state index contributed by atoms with van der Waals surface area (Å²) in [6.45, 7) is 0. The number of benzene rings is 3. The molecule has 0 spiro atoms. The van der Waals surface area contributed by atoms with Gasteiger partial charge in [-0.3, -0.25) is 9.36 Å². The van der Waals surface area contributed by atoms with Crippen LogP contribution in [0, 0.1) is 0 Å². The minimum atomic E-state index is -0.404. The number of fused-ring (bicyclic) bond motifs is 1. The maximum atomic E-state index is 12.9. The van der Waals surface area contributed by atoms with E-state index in [1.54, 1.807) is 6.07 Å². The molecule has 2 heterocycles. The van der Waals surface area contributed by atoms with E-state index >= 15 is 0 Å². The van der Waals surface area contributed by atoms with Gasteiger partial charge in [0.15, 0.2) is 10.6 Å². The molecule has 5 rings (SSSR count). The average Bonchev–Trinajstić information content (AvgIpc) is 3.39. The van der Waals surface area contributed by atoms with E-state index in [9.17, 15) is 4.79 Å². The van der Waals surface area contributed by atoms with Crippen LogP contribution in [0.3, 0.4) is 0 Å². The molecule has 6 heteroatoms. The zero-order valence-electron chi connectivity index (χ0n) is 15.7. The first-order valence-electron chi connectivity index (χ1n) is 9.28. The first kappa shape index (κ1) is 18.8. The Labute approximate surface area is 184 Å². The van der Waals surface area contributed by atoms with Crippen molar-refractivity contribution >= 4 is 44.1 Å². The molecule has 1 amide bonds. The van der Waals surface area contributed by atoms with Crippen molar-refractivity contribution < 1.29 is 9.21 Å². The topological polar surface area (TPSA) is 47.5 Å². The SMILES string of the molecule is O=C(N=c1scc(-c2ccccc2)n1-c1ccc(Br)cc1)c1cc2ccccc2o1. The van der Waals surface area contributed by atoms with Crippen LogP contribution < -0.4 is 4.80 Å². The Hall–Kier alpha value is -3.22. The van der Waals surface area contributed by atoms with E-state index in [2.05, 4.69) is 20.9 Å². The van der Waals surface area contributed by atoms with Crippen molar-refractivity contribution in [1.29, 1.82) is 0 Å². The van der Waals surface area contributed by atoms with E-state index in [1.807, 2.05) is 88.8 Å². The van der Waals surface area contributed by atoms with Gasteiger partial charge in [-0.15, -0.1) is 11.3 Å². The molecular weight excluding hydrogens is 460 g/mol. The lowest BCUT2D eigenvalue weighted by Crippen LogP contribution is -2.16. The highest BCUT2D eigenvalue weighted by Crippen LogP contribution is 2.25. The van der Waals surface area contributed by atoms with E-state index < -0.39 is 5.91 Å². The highest BCUT2D eigenvalue weighted by molar-refractivity contribution is 9.10. The molecule has 0 fully saturated rings. The number of para-hydroxylation sites is 1. The van der Waals surface area contributed by atoms with Gasteiger partial charge >= 0.3 is 5.91 Å². The number of carbonyl (C=O) groups excluding carboxylic acids is 1. The Morgan fingerprint density at radius 1 is 0.933 bits per heavy atom. The summed E-state index contributed by atoms with van der Waals surface area (Å²) in [4.78, 5) is 17.9. The Kier molecular flexibility index (Phi) is 4.94. The Morgan fingerprint density at radius 3 is 2.43 bits per heavy atom. The van der Waals surface area contributed by atoms with E-state index in [1.165, 1.54) is 11.3 Å². The largest absolute Gasteiger partial charge is 0.451 e. The van der Waals surface area contributed by atoms with Crippen molar-refractivity contribution in [2.45, 2.75) is 0 Å². The van der Waals surface area contributed by atoms with E-state index in [4.69, 9.17) is 4.42 Å². The van der Waals surface area contributed by atoms with Gasteiger partial charge in [0.1, 0.15) is 5.58 Å². The third-order valence-electron chi connectivity index (χ3n) is 4.70. The number of furan rings is 1. The molecule has 0 saturated carbocycles. The normalized spacial score (nSPS) is 11.8. The summed E-state index contributed by atoms with van der Waals surface area (Å²) in [5, 5.41) is 2.90. The van der Waals surface area contributed by atoms with Gasteiger partial charge in [0.2, 0.25) is 0 Å². The molecule has 3 aromatic carbocycles. The molecule has 0 aliphatic rings. The predicted octanol–water partition coefficient (Wildman–Crippen LogP) is 6.46. The fraction of sp³-hybridized carbons (Fsp3) is 0. The lowest BCUT2D eigenvalue weighted by Gasteiger charge is -2.09. The zero-order chi connectivity index (χ0) is 20.5. The molecule has 0 atom stereocenters. The minimum Gasteiger partial charge on any atom is -0.451 e. The van der Waals surface area contributed by atoms with Crippen LogP contribution in [0.1, 0.15) is 10.6 Å². The first-order valence-corrected chi connectivity index (χ1v) is 11.0. The summed E-state index contributed by atoms with van der Waals surface area (Å²) < 4.78 is 8.68. The van der Waals surface area contributed by atoms with Gasteiger partial charge in [0.25, 0.3) is 0 Å². The lowest BCUT2D eigenvalue weighted by atomic mass is 10.1. The highest BCUT2D eigenvalue weighted by atomic mass is 79.9. The molecule has 0 bridgehead atoms. The molecule has 30 heavy (non-hydrogen) atoms. The molecule has 2 aromatic heterocycles. The fourth-order valence-electron chi connectivity index (χ4n) is 3.27. The van der Waals surface area contributed by atoms with Crippen molar-refractivity contribution in [1.82, 2.24) is 4.57 Å². The molecule has 0 saturated heterocycles. The van der Waals surface area contributed by atoms with E-state index in [-0.39, 0.29) is 5.76 Å². The Morgan fingerprint density at radius 2 is 1.67 bits per heavy atom. The maximum absolute atomic E-state index is 12.9. The minimum absolute atomic E-state index is 0.230. The van der Waals surface area contributed by atoms with Crippen LogP contribution in [0.25, 0.3) is 27.9 Å². The summed E-state index contributed by atoms with van der Waals surface area (Å²) in [6, 6.07) is 27.3.